The van der Waals surface area contributed by atoms with E-state index < -0.39 is 0 Å². The fourth-order valence-electron chi connectivity index (χ4n) is 1.75. The van der Waals surface area contributed by atoms with Crippen molar-refractivity contribution < 1.29 is 4.39 Å². The maximum absolute atomic E-state index is 13.4. The fraction of sp³-hybridized carbons (Fsp3) is 0. The maximum atomic E-state index is 13.4. The van der Waals surface area contributed by atoms with E-state index in [1.165, 1.54) is 29.5 Å². The van der Waals surface area contributed by atoms with Crippen molar-refractivity contribution in [3.63, 3.8) is 0 Å². The zero-order valence-corrected chi connectivity index (χ0v) is 11.8. The number of benzene rings is 1. The Morgan fingerprint density at radius 2 is 2.21 bits per heavy atom. The second-order valence-electron chi connectivity index (χ2n) is 3.76. The van der Waals surface area contributed by atoms with Gasteiger partial charge in [0, 0.05) is 0 Å². The van der Waals surface area contributed by atoms with Crippen LogP contribution in [0.1, 0.15) is 0 Å². The summed E-state index contributed by atoms with van der Waals surface area (Å²) < 4.78 is 15.4. The van der Waals surface area contributed by atoms with Crippen LogP contribution in [0.5, 0.6) is 0 Å². The second kappa shape index (κ2) is 4.88. The van der Waals surface area contributed by atoms with Gasteiger partial charge in [0.1, 0.15) is 5.82 Å². The molecule has 2 heterocycles. The minimum Gasteiger partial charge on any atom is -0.266 e. The Morgan fingerprint density at radius 3 is 2.95 bits per heavy atom. The lowest BCUT2D eigenvalue weighted by Crippen LogP contribution is -1.98. The molecule has 0 fully saturated rings. The van der Waals surface area contributed by atoms with E-state index in [1.807, 2.05) is 17.5 Å². The van der Waals surface area contributed by atoms with E-state index in [2.05, 4.69) is 10.2 Å². The predicted molar refractivity (Wildman–Crippen MR) is 77.0 cm³/mol. The van der Waals surface area contributed by atoms with Crippen LogP contribution in [-0.4, -0.2) is 14.8 Å². The monoisotopic (exact) mass is 311 g/mol. The lowest BCUT2D eigenvalue weighted by Gasteiger charge is -2.07. The van der Waals surface area contributed by atoms with E-state index in [0.717, 1.165) is 4.88 Å². The van der Waals surface area contributed by atoms with Crippen LogP contribution in [0, 0.1) is 10.6 Å². The van der Waals surface area contributed by atoms with Gasteiger partial charge in [-0.3, -0.25) is 9.67 Å². The average molecular weight is 312 g/mol. The molecule has 1 aromatic carbocycles. The van der Waals surface area contributed by atoms with Gasteiger partial charge in [-0.1, -0.05) is 17.7 Å². The number of thiophene rings is 1. The van der Waals surface area contributed by atoms with Gasteiger partial charge >= 0.3 is 0 Å². The summed E-state index contributed by atoms with van der Waals surface area (Å²) in [4.78, 5) is 0.924. The van der Waals surface area contributed by atoms with Crippen LogP contribution in [0.3, 0.4) is 0 Å². The van der Waals surface area contributed by atoms with Gasteiger partial charge in [-0.25, -0.2) is 4.39 Å². The average Bonchev–Trinajstić information content (AvgIpc) is 3.01. The summed E-state index contributed by atoms with van der Waals surface area (Å²) in [5.74, 6) is 0.243. The molecule has 2 aromatic heterocycles. The summed E-state index contributed by atoms with van der Waals surface area (Å²) in [5, 5.41) is 9.24. The number of hydrogen-bond donors (Lipinski definition) is 1. The van der Waals surface area contributed by atoms with E-state index in [0.29, 0.717) is 21.3 Å². The van der Waals surface area contributed by atoms with Crippen LogP contribution in [0.25, 0.3) is 16.4 Å². The Kier molecular flexibility index (Phi) is 3.22. The van der Waals surface area contributed by atoms with Gasteiger partial charge in [-0.05, 0) is 41.9 Å². The molecule has 96 valence electrons. The third kappa shape index (κ3) is 2.22. The first-order chi connectivity index (χ1) is 9.16. The largest absolute Gasteiger partial charge is 0.266 e. The SMILES string of the molecule is Fc1ccc(Cl)c(-n2c(-c3cccs3)n[nH]c2=S)c1. The van der Waals surface area contributed by atoms with Crippen LogP contribution in [-0.2, 0) is 0 Å². The van der Waals surface area contributed by atoms with E-state index >= 15 is 0 Å². The molecule has 0 atom stereocenters. The highest BCUT2D eigenvalue weighted by Gasteiger charge is 2.14. The minimum absolute atomic E-state index is 0.371. The highest BCUT2D eigenvalue weighted by Crippen LogP contribution is 2.29. The Bertz CT molecular complexity index is 777. The number of halogens is 2. The number of aromatic amines is 1. The Morgan fingerprint density at radius 1 is 1.37 bits per heavy atom. The quantitative estimate of drug-likeness (QED) is 0.709. The van der Waals surface area contributed by atoms with E-state index in [-0.39, 0.29) is 5.82 Å². The zero-order valence-electron chi connectivity index (χ0n) is 9.43. The van der Waals surface area contributed by atoms with Crippen molar-refractivity contribution in [1.82, 2.24) is 14.8 Å². The van der Waals surface area contributed by atoms with Crippen LogP contribution in [0.2, 0.25) is 5.02 Å². The van der Waals surface area contributed by atoms with E-state index in [1.54, 1.807) is 4.57 Å². The molecule has 0 saturated heterocycles. The molecular formula is C12H7ClFN3S2. The van der Waals surface area contributed by atoms with Crippen molar-refractivity contribution in [2.24, 2.45) is 0 Å². The molecule has 3 rings (SSSR count). The van der Waals surface area contributed by atoms with Crippen molar-refractivity contribution in [1.29, 1.82) is 0 Å². The summed E-state index contributed by atoms with van der Waals surface area (Å²) >= 11 is 12.8. The normalized spacial score (nSPS) is 10.8. The molecule has 0 spiro atoms. The van der Waals surface area contributed by atoms with Crippen LogP contribution < -0.4 is 0 Å². The number of nitrogens with one attached hydrogen (secondary N) is 1. The molecule has 0 aliphatic carbocycles. The number of hydrogen-bond acceptors (Lipinski definition) is 3. The van der Waals surface area contributed by atoms with Crippen LogP contribution in [0.4, 0.5) is 4.39 Å². The topological polar surface area (TPSA) is 33.6 Å². The van der Waals surface area contributed by atoms with Gasteiger partial charge in [0.15, 0.2) is 10.6 Å². The van der Waals surface area contributed by atoms with Crippen molar-refractivity contribution in [3.05, 3.63) is 51.3 Å². The highest BCUT2D eigenvalue weighted by atomic mass is 35.5. The fourth-order valence-corrected chi connectivity index (χ4v) is 2.88. The lowest BCUT2D eigenvalue weighted by molar-refractivity contribution is 0.626. The molecule has 7 heteroatoms. The first kappa shape index (κ1) is 12.5. The summed E-state index contributed by atoms with van der Waals surface area (Å²) in [5.41, 5.74) is 0.476. The van der Waals surface area contributed by atoms with Crippen molar-refractivity contribution in [3.8, 4) is 16.4 Å². The Balaban J connectivity index is 2.29. The molecule has 0 aliphatic heterocycles. The van der Waals surface area contributed by atoms with Gasteiger partial charge in [-0.15, -0.1) is 11.3 Å². The zero-order chi connectivity index (χ0) is 13.4. The van der Waals surface area contributed by atoms with Gasteiger partial charge < -0.3 is 0 Å². The minimum atomic E-state index is -0.375. The third-order valence-electron chi connectivity index (χ3n) is 2.56. The molecule has 0 bridgehead atoms. The Labute approximate surface area is 122 Å². The maximum Gasteiger partial charge on any atom is 0.200 e. The smallest absolute Gasteiger partial charge is 0.200 e. The van der Waals surface area contributed by atoms with Crippen LogP contribution >= 0.6 is 35.2 Å². The second-order valence-corrected chi connectivity index (χ2v) is 5.50. The predicted octanol–water partition coefficient (Wildman–Crippen LogP) is 4.45. The Hall–Kier alpha value is -1.50. The van der Waals surface area contributed by atoms with E-state index in [4.69, 9.17) is 23.8 Å². The first-order valence-electron chi connectivity index (χ1n) is 5.33. The van der Waals surface area contributed by atoms with Gasteiger partial charge in [0.05, 0.1) is 15.6 Å². The molecule has 0 unspecified atom stereocenters. The summed E-state index contributed by atoms with van der Waals surface area (Å²) in [6.07, 6.45) is 0. The number of H-pyrrole nitrogens is 1. The lowest BCUT2D eigenvalue weighted by atomic mass is 10.3. The summed E-state index contributed by atoms with van der Waals surface area (Å²) in [6.45, 7) is 0. The molecule has 0 saturated carbocycles. The summed E-state index contributed by atoms with van der Waals surface area (Å²) in [7, 11) is 0. The number of rotatable bonds is 2. The number of nitrogens with zero attached hydrogens (tertiary/aromatic N) is 2. The van der Waals surface area contributed by atoms with Crippen molar-refractivity contribution >= 4 is 35.2 Å². The standard InChI is InChI=1S/C12H7ClFN3S2/c13-8-4-3-7(14)6-9(8)17-11(15-16-12(17)18)10-2-1-5-19-10/h1-6H,(H,16,18). The van der Waals surface area contributed by atoms with Crippen LogP contribution in [0.15, 0.2) is 35.7 Å². The van der Waals surface area contributed by atoms with E-state index in [9.17, 15) is 4.39 Å². The molecule has 1 N–H and O–H groups in total. The van der Waals surface area contributed by atoms with Crippen molar-refractivity contribution in [2.75, 3.05) is 0 Å². The van der Waals surface area contributed by atoms with Crippen molar-refractivity contribution in [2.45, 2.75) is 0 Å². The third-order valence-corrected chi connectivity index (χ3v) is 4.02. The molecule has 0 amide bonds. The molecular weight excluding hydrogens is 305 g/mol. The van der Waals surface area contributed by atoms with Gasteiger partial charge in [0.2, 0.25) is 0 Å². The number of aromatic nitrogens is 3. The highest BCUT2D eigenvalue weighted by molar-refractivity contribution is 7.71. The van der Waals surface area contributed by atoms with Gasteiger partial charge in [0.25, 0.3) is 0 Å². The molecule has 0 aliphatic rings. The first-order valence-corrected chi connectivity index (χ1v) is 7.00. The molecule has 3 nitrogen and oxygen atoms in total. The molecule has 0 radical (unpaired) electrons. The molecule has 3 aromatic rings. The molecule has 19 heavy (non-hydrogen) atoms. The summed E-state index contributed by atoms with van der Waals surface area (Å²) in [6, 6.07) is 7.97. The van der Waals surface area contributed by atoms with Gasteiger partial charge in [-0.2, -0.15) is 5.10 Å².